The Bertz CT molecular complexity index is 711. The summed E-state index contributed by atoms with van der Waals surface area (Å²) in [6, 6.07) is 0. The van der Waals surface area contributed by atoms with Crippen LogP contribution >= 0.6 is 11.3 Å². The van der Waals surface area contributed by atoms with Crippen LogP contribution < -0.4 is 0 Å². The average molecular weight is 288 g/mol. The van der Waals surface area contributed by atoms with E-state index in [0.717, 1.165) is 17.7 Å². The molecule has 98 valence electrons. The lowest BCUT2D eigenvalue weighted by atomic mass is 10.2. The van der Waals surface area contributed by atoms with Crippen molar-refractivity contribution in [3.05, 3.63) is 16.8 Å². The maximum absolute atomic E-state index is 13.5. The first-order valence-corrected chi connectivity index (χ1v) is 8.04. The van der Waals surface area contributed by atoms with Crippen LogP contribution in [-0.4, -0.2) is 17.8 Å². The number of nitrogens with zero attached hydrogens (tertiary/aromatic N) is 2. The lowest BCUT2D eigenvalue weighted by Crippen LogP contribution is -2.00. The van der Waals surface area contributed by atoms with Gasteiger partial charge in [-0.05, 0) is 18.8 Å². The Hall–Kier alpha value is -0.950. The maximum atomic E-state index is 13.5. The number of thiazole rings is 1. The Morgan fingerprint density at radius 3 is 2.67 bits per heavy atom. The molecule has 3 rings (SSSR count). The molecule has 4 nitrogen and oxygen atoms in total. The summed E-state index contributed by atoms with van der Waals surface area (Å²) in [7, 11) is -4.73. The lowest BCUT2D eigenvalue weighted by Gasteiger charge is -1.99. The van der Waals surface area contributed by atoms with Crippen molar-refractivity contribution in [3.8, 4) is 0 Å². The summed E-state index contributed by atoms with van der Waals surface area (Å²) in [4.78, 5) is 5.88. The van der Waals surface area contributed by atoms with Gasteiger partial charge in [-0.25, -0.2) is 4.98 Å². The molecule has 18 heavy (non-hydrogen) atoms. The molecule has 0 saturated heterocycles. The summed E-state index contributed by atoms with van der Waals surface area (Å²) in [6.07, 6.45) is 3.48. The SMILES string of the molecule is CC(C)c1cn2c(S(=O)(=O)F)c(C3CC3)nc2s1. The van der Waals surface area contributed by atoms with Crippen molar-refractivity contribution in [2.75, 3.05) is 0 Å². The molecule has 0 bridgehead atoms. The first-order valence-electron chi connectivity index (χ1n) is 5.84. The highest BCUT2D eigenvalue weighted by Gasteiger charge is 2.36. The number of halogens is 1. The van der Waals surface area contributed by atoms with Crippen molar-refractivity contribution in [2.45, 2.75) is 43.6 Å². The minimum atomic E-state index is -4.73. The van der Waals surface area contributed by atoms with E-state index in [1.165, 1.54) is 15.7 Å². The summed E-state index contributed by atoms with van der Waals surface area (Å²) in [5.74, 6) is 0.386. The van der Waals surface area contributed by atoms with E-state index < -0.39 is 10.2 Å². The molecule has 0 spiro atoms. The van der Waals surface area contributed by atoms with Crippen molar-refractivity contribution in [3.63, 3.8) is 0 Å². The van der Waals surface area contributed by atoms with Crippen LogP contribution in [0.1, 0.15) is 49.1 Å². The maximum Gasteiger partial charge on any atom is 0.350 e. The van der Waals surface area contributed by atoms with E-state index in [9.17, 15) is 12.3 Å². The summed E-state index contributed by atoms with van der Waals surface area (Å²) in [5.41, 5.74) is 0.402. The van der Waals surface area contributed by atoms with E-state index in [4.69, 9.17) is 0 Å². The van der Waals surface area contributed by atoms with Crippen LogP contribution in [0.2, 0.25) is 0 Å². The van der Waals surface area contributed by atoms with Crippen LogP contribution in [0.25, 0.3) is 4.96 Å². The second kappa shape index (κ2) is 3.77. The van der Waals surface area contributed by atoms with E-state index in [-0.39, 0.29) is 16.9 Å². The molecule has 2 heterocycles. The first-order chi connectivity index (χ1) is 8.38. The molecule has 0 radical (unpaired) electrons. The van der Waals surface area contributed by atoms with E-state index in [1.807, 2.05) is 13.8 Å². The zero-order valence-corrected chi connectivity index (χ0v) is 11.7. The Kier molecular flexibility index (Phi) is 2.54. The van der Waals surface area contributed by atoms with E-state index in [1.54, 1.807) is 6.20 Å². The summed E-state index contributed by atoms with van der Waals surface area (Å²) in [5, 5.41) is -0.261. The third-order valence-corrected chi connectivity index (χ3v) is 5.24. The Morgan fingerprint density at radius 2 is 2.17 bits per heavy atom. The molecule has 0 unspecified atom stereocenters. The van der Waals surface area contributed by atoms with E-state index in [2.05, 4.69) is 4.98 Å². The fourth-order valence-corrected chi connectivity index (χ4v) is 3.88. The van der Waals surface area contributed by atoms with Gasteiger partial charge in [0.05, 0.1) is 5.69 Å². The molecular weight excluding hydrogens is 275 g/mol. The van der Waals surface area contributed by atoms with Gasteiger partial charge >= 0.3 is 10.2 Å². The Labute approximate surface area is 109 Å². The van der Waals surface area contributed by atoms with Gasteiger partial charge in [-0.15, -0.1) is 11.3 Å². The summed E-state index contributed by atoms with van der Waals surface area (Å²) in [6.45, 7) is 4.02. The molecule has 7 heteroatoms. The molecule has 0 aromatic carbocycles. The zero-order chi connectivity index (χ0) is 13.1. The quantitative estimate of drug-likeness (QED) is 0.816. The number of imidazole rings is 1. The van der Waals surface area contributed by atoms with Gasteiger partial charge in [0.25, 0.3) is 0 Å². The van der Waals surface area contributed by atoms with Crippen LogP contribution in [0.15, 0.2) is 11.2 Å². The third-order valence-electron chi connectivity index (χ3n) is 3.09. The smallest absolute Gasteiger partial charge is 0.278 e. The fraction of sp³-hybridized carbons (Fsp3) is 0.545. The van der Waals surface area contributed by atoms with Crippen molar-refractivity contribution >= 4 is 26.5 Å². The molecule has 0 N–H and O–H groups in total. The molecule has 0 amide bonds. The lowest BCUT2D eigenvalue weighted by molar-refractivity contribution is 0.544. The highest BCUT2D eigenvalue weighted by molar-refractivity contribution is 7.86. The second-order valence-electron chi connectivity index (χ2n) is 4.96. The van der Waals surface area contributed by atoms with Gasteiger partial charge in [0, 0.05) is 17.0 Å². The van der Waals surface area contributed by atoms with Crippen LogP contribution in [0.3, 0.4) is 0 Å². The largest absolute Gasteiger partial charge is 0.350 e. The van der Waals surface area contributed by atoms with Crippen molar-refractivity contribution in [2.24, 2.45) is 0 Å². The first kappa shape index (κ1) is 12.1. The molecule has 1 saturated carbocycles. The predicted octanol–water partition coefficient (Wildman–Crippen LogP) is 3.05. The molecule has 0 atom stereocenters. The van der Waals surface area contributed by atoms with Gasteiger partial charge in [-0.2, -0.15) is 8.42 Å². The zero-order valence-electron chi connectivity index (χ0n) is 10.1. The number of fused-ring (bicyclic) bond motifs is 1. The van der Waals surface area contributed by atoms with E-state index >= 15 is 0 Å². The number of hydrogen-bond donors (Lipinski definition) is 0. The Balaban J connectivity index is 2.28. The van der Waals surface area contributed by atoms with Gasteiger partial charge in [-0.1, -0.05) is 17.7 Å². The topological polar surface area (TPSA) is 51.4 Å². The average Bonchev–Trinajstić information content (AvgIpc) is 2.87. The van der Waals surface area contributed by atoms with Gasteiger partial charge in [0.15, 0.2) is 9.99 Å². The third kappa shape index (κ3) is 1.85. The highest BCUT2D eigenvalue weighted by Crippen LogP contribution is 2.44. The van der Waals surface area contributed by atoms with Crippen LogP contribution in [0, 0.1) is 0 Å². The fourth-order valence-electron chi connectivity index (χ4n) is 1.99. The predicted molar refractivity (Wildman–Crippen MR) is 67.4 cm³/mol. The number of aromatic nitrogens is 2. The van der Waals surface area contributed by atoms with Crippen molar-refractivity contribution in [1.82, 2.24) is 9.38 Å². The second-order valence-corrected chi connectivity index (χ2v) is 7.26. The van der Waals surface area contributed by atoms with E-state index in [0.29, 0.717) is 10.7 Å². The van der Waals surface area contributed by atoms with Gasteiger partial charge in [0.2, 0.25) is 0 Å². The molecule has 0 aliphatic heterocycles. The molecular formula is C11H13FN2O2S2. The molecule has 1 aliphatic carbocycles. The monoisotopic (exact) mass is 288 g/mol. The minimum absolute atomic E-state index is 0.111. The molecule has 1 aliphatic rings. The van der Waals surface area contributed by atoms with Gasteiger partial charge in [0.1, 0.15) is 0 Å². The van der Waals surface area contributed by atoms with Crippen molar-refractivity contribution < 1.29 is 12.3 Å². The molecule has 2 aromatic rings. The van der Waals surface area contributed by atoms with Gasteiger partial charge in [-0.3, -0.25) is 4.40 Å². The highest BCUT2D eigenvalue weighted by atomic mass is 32.3. The van der Waals surface area contributed by atoms with Crippen LogP contribution in [0.4, 0.5) is 3.89 Å². The number of hydrogen-bond acceptors (Lipinski definition) is 4. The normalized spacial score (nSPS) is 16.9. The van der Waals surface area contributed by atoms with Crippen LogP contribution in [0.5, 0.6) is 0 Å². The summed E-state index contributed by atoms with van der Waals surface area (Å²) < 4.78 is 37.5. The molecule has 2 aromatic heterocycles. The van der Waals surface area contributed by atoms with Crippen molar-refractivity contribution in [1.29, 1.82) is 0 Å². The van der Waals surface area contributed by atoms with Crippen LogP contribution in [-0.2, 0) is 10.2 Å². The minimum Gasteiger partial charge on any atom is -0.278 e. The van der Waals surface area contributed by atoms with Gasteiger partial charge < -0.3 is 0 Å². The number of rotatable bonds is 3. The standard InChI is InChI=1S/C11H13FN2O2S2/c1-6(2)8-5-14-10(18(12,15)16)9(7-3-4-7)13-11(14)17-8/h5-7H,3-4H2,1-2H3. The Morgan fingerprint density at radius 1 is 1.50 bits per heavy atom. The summed E-state index contributed by atoms with van der Waals surface area (Å²) >= 11 is 1.42. The molecule has 1 fully saturated rings.